The van der Waals surface area contributed by atoms with Crippen molar-refractivity contribution in [3.8, 4) is 6.07 Å². The largest absolute Gasteiger partial charge is 0.490 e. The van der Waals surface area contributed by atoms with Crippen LogP contribution in [0.2, 0.25) is 0 Å². The third kappa shape index (κ3) is 14.1. The van der Waals surface area contributed by atoms with Crippen molar-refractivity contribution in [1.82, 2.24) is 4.90 Å². The first-order chi connectivity index (χ1) is 14.1. The summed E-state index contributed by atoms with van der Waals surface area (Å²) >= 11 is 0. The zero-order valence-corrected chi connectivity index (χ0v) is 16.2. The summed E-state index contributed by atoms with van der Waals surface area (Å²) in [6.07, 6.45) is -4.98. The van der Waals surface area contributed by atoms with Gasteiger partial charge in [0.25, 0.3) is 0 Å². The normalized spacial score (nSPS) is 17.1. The summed E-state index contributed by atoms with van der Waals surface area (Å²) < 4.78 is 63.5. The van der Waals surface area contributed by atoms with E-state index in [1.807, 2.05) is 0 Å². The molecule has 0 unspecified atom stereocenters. The average molecular weight is 466 g/mol. The van der Waals surface area contributed by atoms with E-state index in [1.54, 1.807) is 4.90 Å². The molecule has 1 fully saturated rings. The van der Waals surface area contributed by atoms with Crippen molar-refractivity contribution in [2.45, 2.75) is 63.0 Å². The molecule has 1 heterocycles. The highest BCUT2D eigenvalue weighted by molar-refractivity contribution is 5.82. The molecule has 1 aliphatic rings. The number of unbranched alkanes of at least 4 members (excludes halogenated alkanes) is 1. The van der Waals surface area contributed by atoms with Gasteiger partial charge in [-0.2, -0.15) is 31.6 Å². The van der Waals surface area contributed by atoms with Crippen LogP contribution in [0, 0.1) is 11.3 Å². The molecule has 0 aliphatic carbocycles. The van der Waals surface area contributed by atoms with Crippen LogP contribution in [0.1, 0.15) is 38.5 Å². The van der Waals surface area contributed by atoms with E-state index in [1.165, 1.54) is 0 Å². The number of nitriles is 1. The van der Waals surface area contributed by atoms with Gasteiger partial charge >= 0.3 is 24.3 Å². The number of aliphatic carboxylic acids is 2. The van der Waals surface area contributed by atoms with Gasteiger partial charge < -0.3 is 26.6 Å². The van der Waals surface area contributed by atoms with Gasteiger partial charge in [0.15, 0.2) is 0 Å². The second-order valence-electron chi connectivity index (χ2n) is 6.17. The Balaban J connectivity index is 0. The molecule has 0 aromatic heterocycles. The topological polar surface area (TPSA) is 171 Å². The number of carboxylic acids is 2. The van der Waals surface area contributed by atoms with Crippen LogP contribution in [0.15, 0.2) is 0 Å². The highest BCUT2D eigenvalue weighted by atomic mass is 19.4. The number of hydrogen-bond acceptors (Lipinski definition) is 6. The van der Waals surface area contributed by atoms with Gasteiger partial charge in [-0.15, -0.1) is 0 Å². The Morgan fingerprint density at radius 3 is 1.84 bits per heavy atom. The number of nitrogens with two attached hydrogens (primary N) is 2. The van der Waals surface area contributed by atoms with E-state index < -0.39 is 30.3 Å². The molecule has 2 atom stereocenters. The van der Waals surface area contributed by atoms with Crippen molar-refractivity contribution in [2.75, 3.05) is 13.1 Å². The molecule has 1 aliphatic heterocycles. The van der Waals surface area contributed by atoms with E-state index in [9.17, 15) is 31.1 Å². The number of piperidine rings is 1. The maximum atomic E-state index is 12.1. The summed E-state index contributed by atoms with van der Waals surface area (Å²) in [6, 6.07) is 1.43. The molecular formula is C16H24F6N4O5. The van der Waals surface area contributed by atoms with E-state index in [4.69, 9.17) is 36.5 Å². The summed E-state index contributed by atoms with van der Waals surface area (Å²) in [6.45, 7) is 1.30. The Morgan fingerprint density at radius 2 is 1.48 bits per heavy atom. The maximum Gasteiger partial charge on any atom is 0.490 e. The summed E-state index contributed by atoms with van der Waals surface area (Å²) in [5, 5.41) is 23.3. The lowest BCUT2D eigenvalue weighted by Gasteiger charge is -2.33. The summed E-state index contributed by atoms with van der Waals surface area (Å²) in [7, 11) is 0. The smallest absolute Gasteiger partial charge is 0.475 e. The maximum absolute atomic E-state index is 12.1. The molecule has 1 amide bonds. The van der Waals surface area contributed by atoms with Crippen LogP contribution in [0.3, 0.4) is 0 Å². The van der Waals surface area contributed by atoms with Crippen molar-refractivity contribution < 1.29 is 50.9 Å². The molecule has 0 radical (unpaired) electrons. The molecule has 180 valence electrons. The number of rotatable bonds is 5. The molecule has 0 bridgehead atoms. The minimum absolute atomic E-state index is 0.0757. The molecule has 1 saturated heterocycles. The first-order valence-electron chi connectivity index (χ1n) is 8.85. The van der Waals surface area contributed by atoms with Gasteiger partial charge in [0, 0.05) is 6.54 Å². The molecule has 6 N–H and O–H groups in total. The zero-order chi connectivity index (χ0) is 24.8. The summed E-state index contributed by atoms with van der Waals surface area (Å²) in [5.41, 5.74) is 11.3. The van der Waals surface area contributed by atoms with Crippen molar-refractivity contribution in [1.29, 1.82) is 5.26 Å². The number of hydrogen-bond donors (Lipinski definition) is 4. The Labute approximate surface area is 173 Å². The monoisotopic (exact) mass is 466 g/mol. The van der Waals surface area contributed by atoms with Crippen LogP contribution >= 0.6 is 0 Å². The van der Waals surface area contributed by atoms with Crippen LogP contribution in [0.4, 0.5) is 26.3 Å². The molecule has 0 aromatic carbocycles. The second-order valence-corrected chi connectivity index (χ2v) is 6.17. The fraction of sp³-hybridized carbons (Fsp3) is 0.750. The number of carboxylic acid groups (broad SMARTS) is 2. The van der Waals surface area contributed by atoms with Crippen LogP contribution < -0.4 is 11.5 Å². The first-order valence-corrected chi connectivity index (χ1v) is 8.85. The standard InChI is InChI=1S/C12H22N4O.2C2HF3O2/c13-7-3-1-6-11(15)12(17)16-8-4-2-5-10(16)9-14;2*3-2(4,5)1(6)7/h10-11H,1-8,13,15H2;2*(H,6,7)/t10-,11+;;/m1../s1. The SMILES string of the molecule is N#C[C@H]1CCCCN1C(=O)[C@@H](N)CCCCN.O=C(O)C(F)(F)F.O=C(O)C(F)(F)F. The van der Waals surface area contributed by atoms with E-state index >= 15 is 0 Å². The lowest BCUT2D eigenvalue weighted by molar-refractivity contribution is -0.193. The molecule has 1 rings (SSSR count). The van der Waals surface area contributed by atoms with Gasteiger partial charge in [-0.3, -0.25) is 4.79 Å². The van der Waals surface area contributed by atoms with Crippen molar-refractivity contribution in [2.24, 2.45) is 11.5 Å². The molecule has 15 heteroatoms. The number of nitrogens with zero attached hydrogens (tertiary/aromatic N) is 2. The van der Waals surface area contributed by atoms with Crippen LogP contribution in [-0.4, -0.2) is 70.5 Å². The molecule has 31 heavy (non-hydrogen) atoms. The lowest BCUT2D eigenvalue weighted by atomic mass is 10.0. The minimum atomic E-state index is -5.08. The van der Waals surface area contributed by atoms with Gasteiger partial charge in [-0.25, -0.2) is 9.59 Å². The van der Waals surface area contributed by atoms with E-state index in [2.05, 4.69) is 6.07 Å². The number of halogens is 6. The third-order valence-corrected chi connectivity index (χ3v) is 3.71. The van der Waals surface area contributed by atoms with Crippen LogP contribution in [0.25, 0.3) is 0 Å². The third-order valence-electron chi connectivity index (χ3n) is 3.71. The van der Waals surface area contributed by atoms with Crippen LogP contribution in [-0.2, 0) is 14.4 Å². The van der Waals surface area contributed by atoms with Gasteiger partial charge in [-0.1, -0.05) is 6.42 Å². The molecular weight excluding hydrogens is 442 g/mol. The summed E-state index contributed by atoms with van der Waals surface area (Å²) in [5.74, 6) is -5.59. The quantitative estimate of drug-likeness (QED) is 0.350. The van der Waals surface area contributed by atoms with E-state index in [-0.39, 0.29) is 11.9 Å². The molecule has 0 spiro atoms. The van der Waals surface area contributed by atoms with Crippen molar-refractivity contribution in [3.05, 3.63) is 0 Å². The van der Waals surface area contributed by atoms with Gasteiger partial charge in [0.1, 0.15) is 6.04 Å². The van der Waals surface area contributed by atoms with Crippen molar-refractivity contribution in [3.63, 3.8) is 0 Å². The van der Waals surface area contributed by atoms with Gasteiger partial charge in [0.05, 0.1) is 12.1 Å². The molecule has 9 nitrogen and oxygen atoms in total. The fourth-order valence-electron chi connectivity index (χ4n) is 2.17. The average Bonchev–Trinajstić information content (AvgIpc) is 2.67. The summed E-state index contributed by atoms with van der Waals surface area (Å²) in [4.78, 5) is 31.5. The van der Waals surface area contributed by atoms with Gasteiger partial charge in [0.2, 0.25) is 5.91 Å². The highest BCUT2D eigenvalue weighted by Crippen LogP contribution is 2.18. The molecule has 0 saturated carbocycles. The number of carbonyl (C=O) groups is 3. The number of amides is 1. The second kappa shape index (κ2) is 14.4. The Morgan fingerprint density at radius 1 is 1.03 bits per heavy atom. The van der Waals surface area contributed by atoms with E-state index in [0.29, 0.717) is 19.5 Å². The van der Waals surface area contributed by atoms with Crippen molar-refractivity contribution >= 4 is 17.8 Å². The number of alkyl halides is 6. The number of carbonyl (C=O) groups excluding carboxylic acids is 1. The fourth-order valence-corrected chi connectivity index (χ4v) is 2.17. The predicted octanol–water partition coefficient (Wildman–Crippen LogP) is 1.61. The lowest BCUT2D eigenvalue weighted by Crippen LogP contribution is -2.50. The number of likely N-dealkylation sites (tertiary alicyclic amines) is 1. The van der Waals surface area contributed by atoms with Gasteiger partial charge in [-0.05, 0) is 38.6 Å². The Bertz CT molecular complexity index is 597. The predicted molar refractivity (Wildman–Crippen MR) is 93.2 cm³/mol. The molecule has 0 aromatic rings. The minimum Gasteiger partial charge on any atom is -0.475 e. The zero-order valence-electron chi connectivity index (χ0n) is 16.2. The van der Waals surface area contributed by atoms with Crippen LogP contribution in [0.5, 0.6) is 0 Å². The van der Waals surface area contributed by atoms with E-state index in [0.717, 1.165) is 32.1 Å². The Kier molecular flexibility index (Phi) is 14.2. The Hall–Kier alpha value is -2.60. The highest BCUT2D eigenvalue weighted by Gasteiger charge is 2.38. The first kappa shape index (κ1) is 30.6.